The van der Waals surface area contributed by atoms with Crippen LogP contribution in [0.2, 0.25) is 0 Å². The molecule has 10 aromatic carbocycles. The molecule has 0 spiro atoms. The number of aryl methyl sites for hydroxylation is 12. The summed E-state index contributed by atoms with van der Waals surface area (Å²) in [5, 5.41) is 0. The lowest BCUT2D eigenvalue weighted by Gasteiger charge is -2.31. The number of nitrogens with zero attached hydrogens (tertiary/aromatic N) is 20. The predicted octanol–water partition coefficient (Wildman–Crippen LogP) is 27.6. The zero-order valence-electron chi connectivity index (χ0n) is 71.5. The van der Waals surface area contributed by atoms with Gasteiger partial charge in [-0.3, -0.25) is 0 Å². The van der Waals surface area contributed by atoms with Crippen molar-refractivity contribution < 1.29 is 0 Å². The molecule has 118 heavy (non-hydrogen) atoms. The molecule has 0 amide bonds. The lowest BCUT2D eigenvalue weighted by Crippen LogP contribution is -2.36. The molecule has 0 saturated heterocycles. The highest BCUT2D eigenvalue weighted by Gasteiger charge is 2.41. The van der Waals surface area contributed by atoms with E-state index in [0.717, 1.165) is 85.3 Å². The van der Waals surface area contributed by atoms with Crippen LogP contribution in [-0.2, 0) is 0 Å². The van der Waals surface area contributed by atoms with Crippen molar-refractivity contribution in [3.05, 3.63) is 320 Å². The summed E-state index contributed by atoms with van der Waals surface area (Å²) < 4.78 is 0. The predicted molar refractivity (Wildman–Crippen MR) is 489 cm³/mol. The molecule has 0 aliphatic carbocycles. The van der Waals surface area contributed by atoms with E-state index >= 15 is 0 Å². The number of para-hydroxylation sites is 1. The second-order valence-electron chi connectivity index (χ2n) is 31.1. The van der Waals surface area contributed by atoms with Crippen LogP contribution in [0.5, 0.6) is 0 Å². The van der Waals surface area contributed by atoms with Crippen molar-refractivity contribution in [2.45, 2.75) is 155 Å². The Labute approximate surface area is 697 Å². The lowest BCUT2D eigenvalue weighted by molar-refractivity contribution is 0.731. The minimum Gasteiger partial charge on any atom is -0.355 e. The number of anilines is 15. The first-order valence-corrected chi connectivity index (χ1v) is 38.8. The third-order valence-electron chi connectivity index (χ3n) is 23.6. The van der Waals surface area contributed by atoms with Crippen molar-refractivity contribution in [3.8, 4) is 0 Å². The maximum absolute atomic E-state index is 7.59. The second kappa shape index (κ2) is 33.7. The van der Waals surface area contributed by atoms with Crippen LogP contribution in [0.3, 0.4) is 0 Å². The minimum absolute atomic E-state index is 0.0846. The molecule has 20 nitrogen and oxygen atoms in total. The standard InChI is InChI=1S/3C20H20N4.2C19H18N4/c1-12-8-14(3)18(9-13(12)2)24-15(4)23(7)19-11-16(21-5)10-17(22-6)20(19)24;1-12-8-13(2)14(3)18(9-12)24-15(4)23(7)19-11-16(21-5)10-17(22-6)20(19)24;1-12-8-13(2)19(14(3)9-12)24-15(4)23(7)18-11-16(21-5)10-17(22-6)20(18)24;1-12-7-8-17(13(2)9-12)23-14(3)22(6)18-11-15(20-4)10-16(21-5)19(18)23;1-12-8-7-9-13(2)18(12)23-14(3)22(6)17-11-15(20-4)10-16(21-5)19(17)23/h3*8-11,15H,1-4,7H3;2*7-11,14H,1-3,6H3/t3*15-;2*14-/m00000/s1. The van der Waals surface area contributed by atoms with E-state index in [1.54, 1.807) is 30.3 Å². The van der Waals surface area contributed by atoms with Gasteiger partial charge >= 0.3 is 0 Å². The van der Waals surface area contributed by atoms with Gasteiger partial charge < -0.3 is 49.0 Å². The molecule has 0 aromatic heterocycles. The van der Waals surface area contributed by atoms with Crippen LogP contribution in [-0.4, -0.2) is 66.1 Å². The summed E-state index contributed by atoms with van der Waals surface area (Å²) in [6.45, 7) is 112. The molecular formula is C98H96N20. The van der Waals surface area contributed by atoms with E-state index in [4.69, 9.17) is 65.7 Å². The number of rotatable bonds is 5. The normalized spacial score (nSPS) is 15.9. The topological polar surface area (TPSA) is 76.0 Å². The molecule has 5 heterocycles. The number of fused-ring (bicyclic) bond motifs is 5. The van der Waals surface area contributed by atoms with E-state index in [0.29, 0.717) is 56.9 Å². The van der Waals surface area contributed by atoms with Gasteiger partial charge in [-0.1, -0.05) is 65.7 Å². The summed E-state index contributed by atoms with van der Waals surface area (Å²) in [6, 6.07) is 43.5. The summed E-state index contributed by atoms with van der Waals surface area (Å²) >= 11 is 0. The van der Waals surface area contributed by atoms with Crippen molar-refractivity contribution in [3.63, 3.8) is 0 Å². The summed E-state index contributed by atoms with van der Waals surface area (Å²) in [5.74, 6) is 0. The Kier molecular flexibility index (Phi) is 24.0. The van der Waals surface area contributed by atoms with Crippen LogP contribution in [0.4, 0.5) is 142 Å². The van der Waals surface area contributed by atoms with Gasteiger partial charge in [0.2, 0.25) is 28.4 Å². The summed E-state index contributed by atoms with van der Waals surface area (Å²) in [6.07, 6.45) is 0.435. The van der Waals surface area contributed by atoms with Crippen LogP contribution >= 0.6 is 0 Å². The summed E-state index contributed by atoms with van der Waals surface area (Å²) in [4.78, 5) is 57.8. The van der Waals surface area contributed by atoms with E-state index in [-0.39, 0.29) is 30.8 Å². The fourth-order valence-electron chi connectivity index (χ4n) is 16.9. The number of hydrogen-bond acceptors (Lipinski definition) is 10. The van der Waals surface area contributed by atoms with Gasteiger partial charge in [0.1, 0.15) is 30.8 Å². The maximum Gasteiger partial charge on any atom is 0.202 e. The molecule has 0 fully saturated rings. The van der Waals surface area contributed by atoms with Crippen molar-refractivity contribution in [2.75, 3.05) is 84.2 Å². The Morgan fingerprint density at radius 3 is 0.814 bits per heavy atom. The molecule has 0 saturated carbocycles. The van der Waals surface area contributed by atoms with Crippen molar-refractivity contribution >= 4 is 142 Å². The zero-order valence-corrected chi connectivity index (χ0v) is 71.5. The highest BCUT2D eigenvalue weighted by molar-refractivity contribution is 6.01. The van der Waals surface area contributed by atoms with E-state index in [9.17, 15) is 0 Å². The molecule has 5 atom stereocenters. The Morgan fingerprint density at radius 2 is 0.483 bits per heavy atom. The fourth-order valence-corrected chi connectivity index (χ4v) is 16.9. The van der Waals surface area contributed by atoms with Crippen LogP contribution < -0.4 is 49.0 Å². The van der Waals surface area contributed by atoms with E-state index < -0.39 is 0 Å². The Balaban J connectivity index is 0.000000145. The molecule has 5 aliphatic rings. The van der Waals surface area contributed by atoms with Gasteiger partial charge in [0, 0.05) is 92.1 Å². The molecule has 10 aromatic rings. The van der Waals surface area contributed by atoms with Crippen LogP contribution in [0, 0.1) is 156 Å². The number of hydrogen-bond donors (Lipinski definition) is 0. The van der Waals surface area contributed by atoms with Crippen molar-refractivity contribution in [1.29, 1.82) is 0 Å². The summed E-state index contributed by atoms with van der Waals surface area (Å²) in [5.41, 5.74) is 35.9. The van der Waals surface area contributed by atoms with Crippen molar-refractivity contribution in [2.24, 2.45) is 0 Å². The van der Waals surface area contributed by atoms with Gasteiger partial charge in [0.15, 0.2) is 28.4 Å². The smallest absolute Gasteiger partial charge is 0.202 e. The average molecular weight is 1550 g/mol. The van der Waals surface area contributed by atoms with Crippen LogP contribution in [0.25, 0.3) is 48.5 Å². The summed E-state index contributed by atoms with van der Waals surface area (Å²) in [7, 11) is 10.1. The maximum atomic E-state index is 7.59. The van der Waals surface area contributed by atoms with E-state index in [2.05, 4.69) is 295 Å². The van der Waals surface area contributed by atoms with E-state index in [1.807, 2.05) is 65.6 Å². The van der Waals surface area contributed by atoms with Crippen molar-refractivity contribution in [1.82, 2.24) is 0 Å². The monoisotopic (exact) mass is 1550 g/mol. The number of benzene rings is 10. The second-order valence-corrected chi connectivity index (χ2v) is 31.1. The van der Waals surface area contributed by atoms with Gasteiger partial charge in [0.25, 0.3) is 0 Å². The van der Waals surface area contributed by atoms with Crippen LogP contribution in [0.1, 0.15) is 107 Å². The molecule has 0 radical (unpaired) electrons. The van der Waals surface area contributed by atoms with Gasteiger partial charge in [-0.2, -0.15) is 0 Å². The lowest BCUT2D eigenvalue weighted by atomic mass is 10.0. The largest absolute Gasteiger partial charge is 0.355 e. The third-order valence-corrected chi connectivity index (χ3v) is 23.6. The van der Waals surface area contributed by atoms with Gasteiger partial charge in [-0.25, -0.2) is 48.5 Å². The minimum atomic E-state index is 0.0846. The van der Waals surface area contributed by atoms with Gasteiger partial charge in [-0.15, -0.1) is 0 Å². The molecule has 0 unspecified atom stereocenters. The first-order valence-electron chi connectivity index (χ1n) is 38.8. The van der Waals surface area contributed by atoms with Gasteiger partial charge in [-0.05, 0) is 265 Å². The molecule has 15 rings (SSSR count). The molecule has 5 aliphatic heterocycles. The van der Waals surface area contributed by atoms with Crippen LogP contribution in [0.15, 0.2) is 133 Å². The molecule has 588 valence electrons. The molecule has 0 bridgehead atoms. The average Bonchev–Trinajstić information content (AvgIpc) is 1.61. The zero-order chi connectivity index (χ0) is 86.2. The highest BCUT2D eigenvalue weighted by Crippen LogP contribution is 2.58. The highest BCUT2D eigenvalue weighted by atomic mass is 15.4. The molecule has 0 N–H and O–H groups in total. The SMILES string of the molecule is [C-]#[N+]c1cc([N+]#[C-])c2c(c1)N(C)[C@H](C)N2c1c(C)cc(C)cc1C.[C-]#[N+]c1cc([N+]#[C-])c2c(c1)N(C)[C@H](C)N2c1c(C)cccc1C.[C-]#[N+]c1cc([N+]#[C-])c2c(c1)N(C)[C@H](C)N2c1cc(C)c(C)cc1C.[C-]#[N+]c1cc([N+]#[C-])c2c(c1)N(C)[C@H](C)N2c1cc(C)cc(C)c1C.[C-]#[N+]c1cc([N+]#[C-])c2c(c1)N(C)[C@H](C)N2c1ccc(C)cc1C. The Morgan fingerprint density at radius 1 is 0.212 bits per heavy atom. The molecular weight excluding hydrogens is 1460 g/mol. The van der Waals surface area contributed by atoms with E-state index in [1.165, 1.54) is 72.3 Å². The first kappa shape index (κ1) is 84.0. The van der Waals surface area contributed by atoms with Gasteiger partial charge in [0.05, 0.1) is 94.2 Å². The Bertz CT molecular complexity index is 6190. The third kappa shape index (κ3) is 15.0. The quantitative estimate of drug-likeness (QED) is 0.156. The first-order chi connectivity index (χ1) is 56.1. The molecule has 20 heteroatoms. The Hall–Kier alpha value is -14.9. The fraction of sp³-hybridized carbons (Fsp3) is 0.286.